The van der Waals surface area contributed by atoms with Crippen molar-refractivity contribution in [2.24, 2.45) is 17.1 Å². The van der Waals surface area contributed by atoms with Crippen molar-refractivity contribution in [3.63, 3.8) is 0 Å². The second-order valence-electron chi connectivity index (χ2n) is 6.94. The van der Waals surface area contributed by atoms with E-state index < -0.39 is 6.04 Å². The molecular weight excluding hydrogens is 226 g/mol. The molecule has 0 rings (SSSR count). The van der Waals surface area contributed by atoms with Gasteiger partial charge in [0.1, 0.15) is 0 Å². The molecule has 0 aliphatic carbocycles. The van der Waals surface area contributed by atoms with Gasteiger partial charge in [-0.2, -0.15) is 0 Å². The smallest absolute Gasteiger partial charge is 0.237 e. The monoisotopic (exact) mass is 257 g/mol. The fourth-order valence-electron chi connectivity index (χ4n) is 1.87. The van der Waals surface area contributed by atoms with E-state index in [1.165, 1.54) is 0 Å². The van der Waals surface area contributed by atoms with Gasteiger partial charge in [-0.15, -0.1) is 0 Å². The van der Waals surface area contributed by atoms with E-state index in [9.17, 15) is 4.79 Å². The molecule has 0 spiro atoms. The molecule has 1 unspecified atom stereocenters. The Morgan fingerprint density at radius 1 is 1.28 bits per heavy atom. The van der Waals surface area contributed by atoms with Gasteiger partial charge in [0, 0.05) is 12.6 Å². The summed E-state index contributed by atoms with van der Waals surface area (Å²) < 4.78 is 0. The van der Waals surface area contributed by atoms with Crippen LogP contribution in [0.1, 0.15) is 41.0 Å². The first-order valence-corrected chi connectivity index (χ1v) is 6.74. The molecule has 0 aromatic carbocycles. The summed E-state index contributed by atoms with van der Waals surface area (Å²) >= 11 is 0. The topological polar surface area (TPSA) is 58.4 Å². The molecule has 0 saturated heterocycles. The summed E-state index contributed by atoms with van der Waals surface area (Å²) in [5.41, 5.74) is 5.77. The lowest BCUT2D eigenvalue weighted by Gasteiger charge is -2.30. The van der Waals surface area contributed by atoms with Crippen LogP contribution >= 0.6 is 0 Å². The zero-order valence-corrected chi connectivity index (χ0v) is 13.1. The SMILES string of the molecule is CC(C)CC(CN(C)C)NC(=O)[C@H](N)C(C)(C)C. The number of hydrogen-bond acceptors (Lipinski definition) is 3. The predicted octanol–water partition coefficient (Wildman–Crippen LogP) is 1.45. The Labute approximate surface area is 112 Å². The molecule has 2 atom stereocenters. The van der Waals surface area contributed by atoms with Gasteiger partial charge in [-0.25, -0.2) is 0 Å². The molecule has 0 saturated carbocycles. The Morgan fingerprint density at radius 2 is 1.78 bits per heavy atom. The van der Waals surface area contributed by atoms with Crippen molar-refractivity contribution in [1.29, 1.82) is 0 Å². The molecule has 4 heteroatoms. The minimum Gasteiger partial charge on any atom is -0.351 e. The molecule has 3 N–H and O–H groups in total. The number of carbonyl (C=O) groups is 1. The zero-order valence-electron chi connectivity index (χ0n) is 13.1. The summed E-state index contributed by atoms with van der Waals surface area (Å²) in [6.45, 7) is 11.1. The third kappa shape index (κ3) is 6.97. The number of likely N-dealkylation sites (N-methyl/N-ethyl adjacent to an activating group) is 1. The highest BCUT2D eigenvalue weighted by Crippen LogP contribution is 2.17. The Hall–Kier alpha value is -0.610. The van der Waals surface area contributed by atoms with Gasteiger partial charge in [-0.3, -0.25) is 4.79 Å². The molecule has 1 amide bonds. The molecular formula is C14H31N3O. The highest BCUT2D eigenvalue weighted by molar-refractivity contribution is 5.82. The molecule has 0 heterocycles. The summed E-state index contributed by atoms with van der Waals surface area (Å²) in [6.07, 6.45) is 0.973. The van der Waals surface area contributed by atoms with Gasteiger partial charge in [0.2, 0.25) is 5.91 Å². The fourth-order valence-corrected chi connectivity index (χ4v) is 1.87. The van der Waals surface area contributed by atoms with Gasteiger partial charge in [-0.1, -0.05) is 34.6 Å². The summed E-state index contributed by atoms with van der Waals surface area (Å²) in [5.74, 6) is 0.510. The van der Waals surface area contributed by atoms with E-state index in [0.717, 1.165) is 13.0 Å². The maximum Gasteiger partial charge on any atom is 0.237 e. The largest absolute Gasteiger partial charge is 0.351 e. The normalized spacial score (nSPS) is 15.9. The van der Waals surface area contributed by atoms with Crippen LogP contribution in [0.3, 0.4) is 0 Å². The van der Waals surface area contributed by atoms with E-state index in [0.29, 0.717) is 5.92 Å². The molecule has 0 aliphatic heterocycles. The number of hydrogen-bond donors (Lipinski definition) is 2. The summed E-state index contributed by atoms with van der Waals surface area (Å²) in [6, 6.07) is -0.296. The van der Waals surface area contributed by atoms with Gasteiger partial charge < -0.3 is 16.0 Å². The Balaban J connectivity index is 4.52. The van der Waals surface area contributed by atoms with Crippen LogP contribution in [0.4, 0.5) is 0 Å². The van der Waals surface area contributed by atoms with Crippen LogP contribution in [-0.2, 0) is 4.79 Å². The summed E-state index contributed by atoms with van der Waals surface area (Å²) in [7, 11) is 4.03. The lowest BCUT2D eigenvalue weighted by atomic mass is 9.86. The lowest BCUT2D eigenvalue weighted by molar-refractivity contribution is -0.125. The molecule has 0 bridgehead atoms. The first-order valence-electron chi connectivity index (χ1n) is 6.74. The number of amides is 1. The van der Waals surface area contributed by atoms with E-state index in [2.05, 4.69) is 24.1 Å². The van der Waals surface area contributed by atoms with Crippen LogP contribution in [0.15, 0.2) is 0 Å². The first kappa shape index (κ1) is 17.4. The number of nitrogens with one attached hydrogen (secondary N) is 1. The van der Waals surface area contributed by atoms with Crippen LogP contribution in [0, 0.1) is 11.3 Å². The van der Waals surface area contributed by atoms with Crippen LogP contribution in [0.25, 0.3) is 0 Å². The van der Waals surface area contributed by atoms with Crippen molar-refractivity contribution in [2.45, 2.75) is 53.1 Å². The molecule has 4 nitrogen and oxygen atoms in total. The fraction of sp³-hybridized carbons (Fsp3) is 0.929. The second-order valence-corrected chi connectivity index (χ2v) is 6.94. The molecule has 108 valence electrons. The van der Waals surface area contributed by atoms with Crippen molar-refractivity contribution in [3.05, 3.63) is 0 Å². The Bertz CT molecular complexity index is 246. The maximum absolute atomic E-state index is 12.1. The van der Waals surface area contributed by atoms with Crippen LogP contribution in [-0.4, -0.2) is 43.5 Å². The van der Waals surface area contributed by atoms with Crippen LogP contribution in [0.2, 0.25) is 0 Å². The standard InChI is InChI=1S/C14H31N3O/c1-10(2)8-11(9-17(6)7)16-13(18)12(15)14(3,4)5/h10-12H,8-9,15H2,1-7H3,(H,16,18)/t11?,12-/m0/s1. The number of nitrogens with two attached hydrogens (primary N) is 1. The van der Waals surface area contributed by atoms with Crippen LogP contribution in [0.5, 0.6) is 0 Å². The average molecular weight is 257 g/mol. The molecule has 0 aliphatic rings. The van der Waals surface area contributed by atoms with E-state index >= 15 is 0 Å². The summed E-state index contributed by atoms with van der Waals surface area (Å²) in [5, 5.41) is 3.08. The van der Waals surface area contributed by atoms with E-state index in [1.54, 1.807) is 0 Å². The Morgan fingerprint density at radius 3 is 2.11 bits per heavy atom. The van der Waals surface area contributed by atoms with Gasteiger partial charge in [-0.05, 0) is 31.8 Å². The minimum atomic E-state index is -0.464. The maximum atomic E-state index is 12.1. The highest BCUT2D eigenvalue weighted by Gasteiger charge is 2.29. The number of nitrogens with zero attached hydrogens (tertiary/aromatic N) is 1. The third-order valence-electron chi connectivity index (χ3n) is 2.90. The average Bonchev–Trinajstić information content (AvgIpc) is 2.12. The van der Waals surface area contributed by atoms with Gasteiger partial charge in [0.05, 0.1) is 6.04 Å². The highest BCUT2D eigenvalue weighted by atomic mass is 16.2. The molecule has 0 aromatic heterocycles. The number of carbonyl (C=O) groups excluding carboxylic acids is 1. The third-order valence-corrected chi connectivity index (χ3v) is 2.90. The predicted molar refractivity (Wildman–Crippen MR) is 77.4 cm³/mol. The van der Waals surface area contributed by atoms with E-state index in [4.69, 9.17) is 5.73 Å². The molecule has 18 heavy (non-hydrogen) atoms. The van der Waals surface area contributed by atoms with Crippen molar-refractivity contribution in [3.8, 4) is 0 Å². The van der Waals surface area contributed by atoms with Gasteiger partial charge in [0.15, 0.2) is 0 Å². The summed E-state index contributed by atoms with van der Waals surface area (Å²) in [4.78, 5) is 14.2. The number of rotatable bonds is 6. The first-order chi connectivity index (χ1) is 8.04. The van der Waals surface area contributed by atoms with Crippen molar-refractivity contribution < 1.29 is 4.79 Å². The van der Waals surface area contributed by atoms with Gasteiger partial charge in [0.25, 0.3) is 0 Å². The van der Waals surface area contributed by atoms with E-state index in [-0.39, 0.29) is 17.4 Å². The minimum absolute atomic E-state index is 0.0463. The second kappa shape index (κ2) is 7.10. The van der Waals surface area contributed by atoms with Crippen molar-refractivity contribution in [2.75, 3.05) is 20.6 Å². The van der Waals surface area contributed by atoms with Gasteiger partial charge >= 0.3 is 0 Å². The Kier molecular flexibility index (Phi) is 6.86. The zero-order chi connectivity index (χ0) is 14.5. The molecule has 0 radical (unpaired) electrons. The van der Waals surface area contributed by atoms with Crippen molar-refractivity contribution in [1.82, 2.24) is 10.2 Å². The quantitative estimate of drug-likeness (QED) is 0.757. The molecule has 0 aromatic rings. The van der Waals surface area contributed by atoms with Crippen molar-refractivity contribution >= 4 is 5.91 Å². The van der Waals surface area contributed by atoms with E-state index in [1.807, 2.05) is 34.9 Å². The lowest BCUT2D eigenvalue weighted by Crippen LogP contribution is -2.53. The van der Waals surface area contributed by atoms with Crippen LogP contribution < -0.4 is 11.1 Å². The molecule has 0 fully saturated rings.